The predicted molar refractivity (Wildman–Crippen MR) is 98.3 cm³/mol. The summed E-state index contributed by atoms with van der Waals surface area (Å²) in [6.07, 6.45) is 0. The van der Waals surface area contributed by atoms with Gasteiger partial charge in [-0.15, -0.1) is 0 Å². The molecule has 0 saturated carbocycles. The van der Waals surface area contributed by atoms with E-state index in [9.17, 15) is 9.59 Å². The summed E-state index contributed by atoms with van der Waals surface area (Å²) in [6, 6.07) is 25.2. The van der Waals surface area contributed by atoms with E-state index in [1.807, 2.05) is 36.4 Å². The van der Waals surface area contributed by atoms with Crippen LogP contribution in [-0.2, 0) is 11.3 Å². The molecule has 0 bridgehead atoms. The number of para-hydroxylation sites is 1. The number of ketones is 1. The normalized spacial score (nSPS) is 10.2. The van der Waals surface area contributed by atoms with Crippen LogP contribution in [0, 0.1) is 0 Å². The lowest BCUT2D eigenvalue weighted by Crippen LogP contribution is -2.14. The van der Waals surface area contributed by atoms with Crippen LogP contribution in [0.4, 0.5) is 0 Å². The molecule has 26 heavy (non-hydrogen) atoms. The van der Waals surface area contributed by atoms with Gasteiger partial charge in [-0.2, -0.15) is 0 Å². The SMILES string of the molecule is O=C(COC(=O)c1ccc(COc2ccccc2)cc1)c1ccccc1. The van der Waals surface area contributed by atoms with Gasteiger partial charge in [0, 0.05) is 5.56 Å². The molecule has 3 aromatic rings. The van der Waals surface area contributed by atoms with E-state index in [2.05, 4.69) is 0 Å². The summed E-state index contributed by atoms with van der Waals surface area (Å²) in [5.41, 5.74) is 1.86. The number of ether oxygens (including phenoxy) is 2. The van der Waals surface area contributed by atoms with Gasteiger partial charge in [-0.25, -0.2) is 4.79 Å². The van der Waals surface area contributed by atoms with Crippen LogP contribution in [0.5, 0.6) is 5.75 Å². The number of benzene rings is 3. The van der Waals surface area contributed by atoms with Gasteiger partial charge in [0.2, 0.25) is 0 Å². The molecule has 3 aromatic carbocycles. The third kappa shape index (κ3) is 4.80. The molecule has 0 atom stereocenters. The van der Waals surface area contributed by atoms with Crippen molar-refractivity contribution < 1.29 is 19.1 Å². The Morgan fingerprint density at radius 1 is 0.692 bits per heavy atom. The van der Waals surface area contributed by atoms with Crippen LogP contribution in [-0.4, -0.2) is 18.4 Å². The molecule has 0 saturated heterocycles. The Morgan fingerprint density at radius 3 is 1.96 bits per heavy atom. The van der Waals surface area contributed by atoms with Gasteiger partial charge in [0.25, 0.3) is 0 Å². The molecule has 0 N–H and O–H groups in total. The second-order valence-electron chi connectivity index (χ2n) is 5.66. The van der Waals surface area contributed by atoms with E-state index in [1.165, 1.54) is 0 Å². The number of carbonyl (C=O) groups excluding carboxylic acids is 2. The van der Waals surface area contributed by atoms with Gasteiger partial charge in [0.1, 0.15) is 12.4 Å². The topological polar surface area (TPSA) is 52.6 Å². The average molecular weight is 346 g/mol. The molecule has 0 amide bonds. The Hall–Kier alpha value is -3.40. The Kier molecular flexibility index (Phi) is 5.78. The predicted octanol–water partition coefficient (Wildman–Crippen LogP) is 4.31. The monoisotopic (exact) mass is 346 g/mol. The molecule has 130 valence electrons. The van der Waals surface area contributed by atoms with Crippen LogP contribution in [0.25, 0.3) is 0 Å². The molecule has 0 fully saturated rings. The first-order chi connectivity index (χ1) is 12.7. The summed E-state index contributed by atoms with van der Waals surface area (Å²) in [7, 11) is 0. The highest BCUT2D eigenvalue weighted by molar-refractivity contribution is 5.99. The van der Waals surface area contributed by atoms with E-state index in [0.29, 0.717) is 17.7 Å². The molecule has 0 aliphatic rings. The molecule has 0 aliphatic heterocycles. The molecular formula is C22H18O4. The highest BCUT2D eigenvalue weighted by Crippen LogP contribution is 2.13. The molecule has 0 aromatic heterocycles. The van der Waals surface area contributed by atoms with Crippen molar-refractivity contribution in [2.24, 2.45) is 0 Å². The molecule has 3 rings (SSSR count). The van der Waals surface area contributed by atoms with E-state index >= 15 is 0 Å². The average Bonchev–Trinajstić information content (AvgIpc) is 2.72. The van der Waals surface area contributed by atoms with Gasteiger partial charge in [-0.3, -0.25) is 4.79 Å². The molecule has 0 unspecified atom stereocenters. The fraction of sp³-hybridized carbons (Fsp3) is 0.0909. The first kappa shape index (κ1) is 17.4. The Balaban J connectivity index is 1.51. The Labute approximate surface area is 152 Å². The van der Waals surface area contributed by atoms with Crippen molar-refractivity contribution in [3.8, 4) is 5.75 Å². The lowest BCUT2D eigenvalue weighted by molar-refractivity contribution is 0.0474. The minimum Gasteiger partial charge on any atom is -0.489 e. The zero-order valence-corrected chi connectivity index (χ0v) is 14.1. The molecule has 0 radical (unpaired) electrons. The number of Topliss-reactive ketones (excluding diaryl/α,β-unsaturated/α-hetero) is 1. The fourth-order valence-electron chi connectivity index (χ4n) is 2.34. The molecular weight excluding hydrogens is 328 g/mol. The highest BCUT2D eigenvalue weighted by Gasteiger charge is 2.11. The quantitative estimate of drug-likeness (QED) is 0.473. The summed E-state index contributed by atoms with van der Waals surface area (Å²) in [5.74, 6) is 0.0343. The van der Waals surface area contributed by atoms with Gasteiger partial charge in [0.15, 0.2) is 12.4 Å². The third-order valence-electron chi connectivity index (χ3n) is 3.77. The van der Waals surface area contributed by atoms with Gasteiger partial charge in [0.05, 0.1) is 5.56 Å². The van der Waals surface area contributed by atoms with Crippen molar-refractivity contribution >= 4 is 11.8 Å². The lowest BCUT2D eigenvalue weighted by Gasteiger charge is -2.07. The molecule has 0 aliphatic carbocycles. The Bertz CT molecular complexity index is 856. The summed E-state index contributed by atoms with van der Waals surface area (Å²) in [4.78, 5) is 24.0. The van der Waals surface area contributed by atoms with Crippen molar-refractivity contribution in [1.29, 1.82) is 0 Å². The Morgan fingerprint density at radius 2 is 1.31 bits per heavy atom. The number of hydrogen-bond donors (Lipinski definition) is 0. The van der Waals surface area contributed by atoms with Gasteiger partial charge in [-0.1, -0.05) is 60.7 Å². The molecule has 4 nitrogen and oxygen atoms in total. The second-order valence-corrected chi connectivity index (χ2v) is 5.66. The largest absolute Gasteiger partial charge is 0.489 e. The van der Waals surface area contributed by atoms with Gasteiger partial charge in [-0.05, 0) is 29.8 Å². The van der Waals surface area contributed by atoms with Gasteiger partial charge >= 0.3 is 5.97 Å². The number of esters is 1. The maximum Gasteiger partial charge on any atom is 0.338 e. The number of hydrogen-bond acceptors (Lipinski definition) is 4. The van der Waals surface area contributed by atoms with Crippen LogP contribution in [0.2, 0.25) is 0 Å². The maximum absolute atomic E-state index is 12.1. The smallest absolute Gasteiger partial charge is 0.338 e. The van der Waals surface area contributed by atoms with E-state index in [1.54, 1.807) is 48.5 Å². The zero-order valence-electron chi connectivity index (χ0n) is 14.1. The minimum atomic E-state index is -0.523. The lowest BCUT2D eigenvalue weighted by atomic mass is 10.1. The summed E-state index contributed by atoms with van der Waals surface area (Å²) >= 11 is 0. The zero-order chi connectivity index (χ0) is 18.2. The molecule has 0 spiro atoms. The third-order valence-corrected chi connectivity index (χ3v) is 3.77. The first-order valence-electron chi connectivity index (χ1n) is 8.24. The molecule has 0 heterocycles. The van der Waals surface area contributed by atoms with Crippen molar-refractivity contribution in [2.45, 2.75) is 6.61 Å². The second kappa shape index (κ2) is 8.62. The van der Waals surface area contributed by atoms with E-state index in [0.717, 1.165) is 11.3 Å². The fourth-order valence-corrected chi connectivity index (χ4v) is 2.34. The van der Waals surface area contributed by atoms with E-state index in [4.69, 9.17) is 9.47 Å². The molecule has 4 heteroatoms. The van der Waals surface area contributed by atoms with Crippen LogP contribution in [0.1, 0.15) is 26.3 Å². The van der Waals surface area contributed by atoms with Crippen LogP contribution >= 0.6 is 0 Å². The van der Waals surface area contributed by atoms with Crippen molar-refractivity contribution in [2.75, 3.05) is 6.61 Å². The minimum absolute atomic E-state index is 0.230. The van der Waals surface area contributed by atoms with E-state index in [-0.39, 0.29) is 12.4 Å². The highest BCUT2D eigenvalue weighted by atomic mass is 16.5. The van der Waals surface area contributed by atoms with Crippen LogP contribution in [0.15, 0.2) is 84.9 Å². The van der Waals surface area contributed by atoms with Crippen LogP contribution in [0.3, 0.4) is 0 Å². The number of rotatable bonds is 7. The van der Waals surface area contributed by atoms with E-state index < -0.39 is 5.97 Å². The standard InChI is InChI=1S/C22H18O4/c23-21(18-7-3-1-4-8-18)16-26-22(24)19-13-11-17(12-14-19)15-25-20-9-5-2-6-10-20/h1-14H,15-16H2. The van der Waals surface area contributed by atoms with Crippen molar-refractivity contribution in [1.82, 2.24) is 0 Å². The van der Waals surface area contributed by atoms with Crippen LogP contribution < -0.4 is 4.74 Å². The van der Waals surface area contributed by atoms with Gasteiger partial charge < -0.3 is 9.47 Å². The summed E-state index contributed by atoms with van der Waals surface area (Å²) in [5, 5.41) is 0. The first-order valence-corrected chi connectivity index (χ1v) is 8.24. The number of carbonyl (C=O) groups is 2. The summed E-state index contributed by atoms with van der Waals surface area (Å²) in [6.45, 7) is 0.132. The van der Waals surface area contributed by atoms with Crippen molar-refractivity contribution in [3.63, 3.8) is 0 Å². The van der Waals surface area contributed by atoms with Crippen molar-refractivity contribution in [3.05, 3.63) is 102 Å². The maximum atomic E-state index is 12.1. The summed E-state index contributed by atoms with van der Waals surface area (Å²) < 4.78 is 10.8.